The highest BCUT2D eigenvalue weighted by atomic mass is 32.2. The van der Waals surface area contributed by atoms with E-state index in [2.05, 4.69) is 5.32 Å². The second kappa shape index (κ2) is 13.8. The van der Waals surface area contributed by atoms with Gasteiger partial charge in [0.2, 0.25) is 11.8 Å². The van der Waals surface area contributed by atoms with E-state index < -0.39 is 34.3 Å². The molecule has 0 spiro atoms. The molecule has 3 aromatic rings. The van der Waals surface area contributed by atoms with E-state index in [4.69, 9.17) is 9.47 Å². The molecule has 0 heterocycles. The molecule has 0 bridgehead atoms. The highest BCUT2D eigenvalue weighted by molar-refractivity contribution is 7.92. The van der Waals surface area contributed by atoms with Crippen LogP contribution in [0.4, 0.5) is 10.1 Å². The fourth-order valence-corrected chi connectivity index (χ4v) is 5.43. The molecule has 1 N–H and O–H groups in total. The first kappa shape index (κ1) is 30.4. The average Bonchev–Trinajstić information content (AvgIpc) is 2.97. The number of benzene rings is 3. The predicted octanol–water partition coefficient (Wildman–Crippen LogP) is 3.98. The van der Waals surface area contributed by atoms with Crippen LogP contribution in [0.1, 0.15) is 25.8 Å². The van der Waals surface area contributed by atoms with Crippen LogP contribution < -0.4 is 19.1 Å². The molecule has 1 atom stereocenters. The van der Waals surface area contributed by atoms with Crippen molar-refractivity contribution in [2.75, 3.05) is 31.6 Å². The van der Waals surface area contributed by atoms with Gasteiger partial charge in [0, 0.05) is 19.2 Å². The van der Waals surface area contributed by atoms with Crippen molar-refractivity contribution in [2.45, 2.75) is 37.8 Å². The lowest BCUT2D eigenvalue weighted by Crippen LogP contribution is -2.51. The summed E-state index contributed by atoms with van der Waals surface area (Å²) in [5, 5.41) is 2.79. The lowest BCUT2D eigenvalue weighted by atomic mass is 10.1. The molecule has 0 aliphatic heterocycles. The van der Waals surface area contributed by atoms with Gasteiger partial charge < -0.3 is 19.7 Å². The van der Waals surface area contributed by atoms with Crippen LogP contribution >= 0.6 is 0 Å². The maximum atomic E-state index is 13.9. The smallest absolute Gasteiger partial charge is 0.264 e. The summed E-state index contributed by atoms with van der Waals surface area (Å²) in [5.74, 6) is -1.03. The quantitative estimate of drug-likeness (QED) is 0.333. The molecule has 2 amide bonds. The van der Waals surface area contributed by atoms with Crippen molar-refractivity contribution in [2.24, 2.45) is 0 Å². The second-order valence-corrected chi connectivity index (χ2v) is 10.8. The zero-order valence-electron chi connectivity index (χ0n) is 23.0. The van der Waals surface area contributed by atoms with E-state index in [0.717, 1.165) is 22.0 Å². The minimum absolute atomic E-state index is 0.0762. The highest BCUT2D eigenvalue weighted by Crippen LogP contribution is 2.32. The molecule has 0 radical (unpaired) electrons. The summed E-state index contributed by atoms with van der Waals surface area (Å²) in [4.78, 5) is 27.9. The third kappa shape index (κ3) is 7.29. The number of halogens is 1. The zero-order valence-corrected chi connectivity index (χ0v) is 23.8. The van der Waals surface area contributed by atoms with E-state index in [-0.39, 0.29) is 28.8 Å². The number of methoxy groups -OCH3 is 2. The van der Waals surface area contributed by atoms with E-state index >= 15 is 0 Å². The van der Waals surface area contributed by atoms with Crippen LogP contribution in [-0.4, -0.2) is 58.5 Å². The average molecular weight is 572 g/mol. The van der Waals surface area contributed by atoms with Crippen LogP contribution in [0, 0.1) is 5.82 Å². The van der Waals surface area contributed by atoms with Crippen molar-refractivity contribution < 1.29 is 31.9 Å². The van der Waals surface area contributed by atoms with Crippen molar-refractivity contribution in [1.82, 2.24) is 10.2 Å². The summed E-state index contributed by atoms with van der Waals surface area (Å²) in [5.41, 5.74) is 0.842. The van der Waals surface area contributed by atoms with Gasteiger partial charge in [0.1, 0.15) is 18.4 Å². The van der Waals surface area contributed by atoms with Gasteiger partial charge in [-0.1, -0.05) is 37.3 Å². The van der Waals surface area contributed by atoms with E-state index in [1.54, 1.807) is 6.92 Å². The summed E-state index contributed by atoms with van der Waals surface area (Å²) in [7, 11) is -1.56. The highest BCUT2D eigenvalue weighted by Gasteiger charge is 2.33. The van der Waals surface area contributed by atoms with Gasteiger partial charge in [-0.25, -0.2) is 12.8 Å². The van der Waals surface area contributed by atoms with Crippen LogP contribution in [0.3, 0.4) is 0 Å². The first-order chi connectivity index (χ1) is 19.1. The van der Waals surface area contributed by atoms with Gasteiger partial charge in [0.25, 0.3) is 10.0 Å². The number of sulfonamides is 1. The van der Waals surface area contributed by atoms with Gasteiger partial charge in [0.15, 0.2) is 11.5 Å². The molecular weight excluding hydrogens is 537 g/mol. The normalized spacial score (nSPS) is 11.8. The van der Waals surface area contributed by atoms with Gasteiger partial charge >= 0.3 is 0 Å². The van der Waals surface area contributed by atoms with Crippen molar-refractivity contribution in [1.29, 1.82) is 0 Å². The lowest BCUT2D eigenvalue weighted by molar-refractivity contribution is -0.139. The summed E-state index contributed by atoms with van der Waals surface area (Å²) in [6.45, 7) is 3.38. The monoisotopic (exact) mass is 571 g/mol. The van der Waals surface area contributed by atoms with Gasteiger partial charge in [-0.15, -0.1) is 0 Å². The number of ether oxygens (including phenoxy) is 2. The second-order valence-electron chi connectivity index (χ2n) is 8.98. The van der Waals surface area contributed by atoms with Crippen LogP contribution in [0.15, 0.2) is 77.7 Å². The topological polar surface area (TPSA) is 105 Å². The molecule has 9 nitrogen and oxygen atoms in total. The molecule has 1 unspecified atom stereocenters. The van der Waals surface area contributed by atoms with E-state index in [1.165, 1.54) is 49.5 Å². The lowest BCUT2D eigenvalue weighted by Gasteiger charge is -2.32. The zero-order chi connectivity index (χ0) is 29.3. The summed E-state index contributed by atoms with van der Waals surface area (Å²) in [6, 6.07) is 17.0. The Kier molecular flexibility index (Phi) is 10.5. The van der Waals surface area contributed by atoms with Crippen molar-refractivity contribution >= 4 is 27.5 Å². The van der Waals surface area contributed by atoms with Crippen LogP contribution in [-0.2, 0) is 26.2 Å². The molecule has 3 rings (SSSR count). The Morgan fingerprint density at radius 3 is 2.20 bits per heavy atom. The predicted molar refractivity (Wildman–Crippen MR) is 150 cm³/mol. The number of hydrogen-bond acceptors (Lipinski definition) is 6. The van der Waals surface area contributed by atoms with Gasteiger partial charge in [0.05, 0.1) is 24.8 Å². The van der Waals surface area contributed by atoms with E-state index in [0.29, 0.717) is 18.7 Å². The number of hydrogen-bond donors (Lipinski definition) is 1. The van der Waals surface area contributed by atoms with Gasteiger partial charge in [-0.05, 0) is 55.3 Å². The molecule has 214 valence electrons. The Labute approximate surface area is 234 Å². The molecular formula is C29H34FN3O6S. The van der Waals surface area contributed by atoms with Crippen LogP contribution in [0.25, 0.3) is 0 Å². The van der Waals surface area contributed by atoms with E-state index in [9.17, 15) is 22.4 Å². The summed E-state index contributed by atoms with van der Waals surface area (Å²) in [6.07, 6.45) is 0.715. The maximum absolute atomic E-state index is 13.9. The molecule has 0 aromatic heterocycles. The first-order valence-electron chi connectivity index (χ1n) is 12.7. The number of amides is 2. The van der Waals surface area contributed by atoms with Crippen molar-refractivity contribution in [3.05, 3.63) is 84.2 Å². The molecule has 0 fully saturated rings. The largest absolute Gasteiger partial charge is 0.493 e. The Hall–Kier alpha value is -4.12. The number of carbonyl (C=O) groups is 2. The fraction of sp³-hybridized carbons (Fsp3) is 0.310. The van der Waals surface area contributed by atoms with Crippen LogP contribution in [0.2, 0.25) is 0 Å². The third-order valence-electron chi connectivity index (χ3n) is 6.25. The number of rotatable bonds is 13. The Morgan fingerprint density at radius 1 is 0.950 bits per heavy atom. The number of nitrogens with one attached hydrogen (secondary N) is 1. The molecule has 0 aliphatic rings. The minimum Gasteiger partial charge on any atom is -0.493 e. The fourth-order valence-electron chi connectivity index (χ4n) is 4.00. The van der Waals surface area contributed by atoms with Crippen molar-refractivity contribution in [3.63, 3.8) is 0 Å². The molecule has 0 saturated carbocycles. The molecule has 0 aliphatic carbocycles. The summed E-state index contributed by atoms with van der Waals surface area (Å²) >= 11 is 0. The maximum Gasteiger partial charge on any atom is 0.264 e. The number of carbonyl (C=O) groups excluding carboxylic acids is 2. The number of anilines is 1. The number of nitrogens with zero attached hydrogens (tertiary/aromatic N) is 2. The van der Waals surface area contributed by atoms with Gasteiger partial charge in [-0.2, -0.15) is 0 Å². The Bertz CT molecular complexity index is 1400. The standard InChI is InChI=1S/C29H34FN3O6S/c1-5-17-31-29(35)21(2)32(19-22-9-7-6-8-10-22)28(34)20-33(24-13-11-23(30)12-14-24)40(36,37)25-15-16-26(38-3)27(18-25)39-4/h6-16,18,21H,5,17,19-20H2,1-4H3,(H,31,35). The van der Waals surface area contributed by atoms with Gasteiger partial charge in [-0.3, -0.25) is 13.9 Å². The summed E-state index contributed by atoms with van der Waals surface area (Å²) < 4.78 is 53.0. The molecule has 0 saturated heterocycles. The molecule has 3 aromatic carbocycles. The molecule has 40 heavy (non-hydrogen) atoms. The Balaban J connectivity index is 2.04. The minimum atomic E-state index is -4.36. The first-order valence-corrected chi connectivity index (χ1v) is 14.2. The third-order valence-corrected chi connectivity index (χ3v) is 8.02. The Morgan fingerprint density at radius 2 is 1.60 bits per heavy atom. The molecule has 11 heteroatoms. The van der Waals surface area contributed by atoms with Crippen LogP contribution in [0.5, 0.6) is 11.5 Å². The van der Waals surface area contributed by atoms with E-state index in [1.807, 2.05) is 37.3 Å². The SMILES string of the molecule is CCCNC(=O)C(C)N(Cc1ccccc1)C(=O)CN(c1ccc(F)cc1)S(=O)(=O)c1ccc(OC)c(OC)c1. The van der Waals surface area contributed by atoms with Crippen molar-refractivity contribution in [3.8, 4) is 11.5 Å².